The van der Waals surface area contributed by atoms with Crippen molar-refractivity contribution < 1.29 is 9.53 Å². The molecule has 13 heavy (non-hydrogen) atoms. The van der Waals surface area contributed by atoms with Gasteiger partial charge in [-0.2, -0.15) is 16.3 Å². The van der Waals surface area contributed by atoms with Crippen LogP contribution in [0.3, 0.4) is 0 Å². The van der Waals surface area contributed by atoms with E-state index >= 15 is 0 Å². The maximum absolute atomic E-state index is 11.2. The molecule has 0 bridgehead atoms. The third kappa shape index (κ3) is 1.47. The van der Waals surface area contributed by atoms with E-state index in [2.05, 4.69) is 20.9 Å². The number of rotatable bonds is 1. The number of nitrogens with zero attached hydrogens (tertiary/aromatic N) is 1. The summed E-state index contributed by atoms with van der Waals surface area (Å²) in [6.45, 7) is 0. The Balaban J connectivity index is 2.31. The van der Waals surface area contributed by atoms with Crippen LogP contribution in [0, 0.1) is 0 Å². The van der Waals surface area contributed by atoms with Crippen LogP contribution in [0.4, 0.5) is 0 Å². The van der Waals surface area contributed by atoms with Crippen molar-refractivity contribution in [3.63, 3.8) is 0 Å². The van der Waals surface area contributed by atoms with E-state index in [1.54, 1.807) is 0 Å². The van der Waals surface area contributed by atoms with Crippen LogP contribution in [-0.4, -0.2) is 11.9 Å². The van der Waals surface area contributed by atoms with Gasteiger partial charge in [-0.15, -0.1) is 0 Å². The third-order valence-electron chi connectivity index (χ3n) is 1.61. The van der Waals surface area contributed by atoms with E-state index in [1.165, 1.54) is 11.3 Å². The van der Waals surface area contributed by atoms with Crippen molar-refractivity contribution in [3.8, 4) is 0 Å². The van der Waals surface area contributed by atoms with Crippen LogP contribution >= 0.6 is 27.3 Å². The van der Waals surface area contributed by atoms with E-state index in [9.17, 15) is 4.79 Å². The van der Waals surface area contributed by atoms with Crippen LogP contribution in [-0.2, 0) is 9.53 Å². The number of thiophene rings is 1. The quantitative estimate of drug-likeness (QED) is 0.831. The van der Waals surface area contributed by atoms with Crippen LogP contribution in [0.1, 0.15) is 11.7 Å². The van der Waals surface area contributed by atoms with Crippen LogP contribution in [0.5, 0.6) is 0 Å². The van der Waals surface area contributed by atoms with E-state index < -0.39 is 6.10 Å². The van der Waals surface area contributed by atoms with Gasteiger partial charge in [0.15, 0.2) is 0 Å². The van der Waals surface area contributed by atoms with Gasteiger partial charge in [0.25, 0.3) is 11.9 Å². The van der Waals surface area contributed by atoms with Crippen LogP contribution in [0.15, 0.2) is 20.2 Å². The molecule has 4 nitrogen and oxygen atoms in total. The summed E-state index contributed by atoms with van der Waals surface area (Å²) in [7, 11) is 0. The van der Waals surface area contributed by atoms with Gasteiger partial charge in [0, 0.05) is 15.4 Å². The maximum Gasteiger partial charge on any atom is 0.296 e. The molecule has 68 valence electrons. The average molecular weight is 261 g/mol. The van der Waals surface area contributed by atoms with Crippen molar-refractivity contribution in [1.82, 2.24) is 0 Å². The molecule has 2 heterocycles. The number of nitrogens with two attached hydrogens (primary N) is 1. The molecule has 0 spiro atoms. The summed E-state index contributed by atoms with van der Waals surface area (Å²) in [5.41, 5.74) is 6.04. The van der Waals surface area contributed by atoms with E-state index in [0.29, 0.717) is 0 Å². The zero-order valence-electron chi connectivity index (χ0n) is 6.36. The second-order valence-corrected chi connectivity index (χ2v) is 4.06. The molecule has 0 radical (unpaired) electrons. The van der Waals surface area contributed by atoms with Gasteiger partial charge in [-0.3, -0.25) is 4.79 Å². The van der Waals surface area contributed by atoms with Crippen molar-refractivity contribution in [2.75, 3.05) is 0 Å². The Kier molecular flexibility index (Phi) is 2.09. The lowest BCUT2D eigenvalue weighted by atomic mass is 10.2. The molecule has 2 rings (SSSR count). The molecule has 0 saturated heterocycles. The molecule has 1 atom stereocenters. The van der Waals surface area contributed by atoms with Crippen molar-refractivity contribution in [3.05, 3.63) is 20.8 Å². The lowest BCUT2D eigenvalue weighted by Gasteiger charge is -2.06. The van der Waals surface area contributed by atoms with Crippen LogP contribution in [0.2, 0.25) is 0 Å². The predicted molar refractivity (Wildman–Crippen MR) is 52.5 cm³/mol. The number of hydrogen-bond acceptors (Lipinski definition) is 4. The lowest BCUT2D eigenvalue weighted by Crippen LogP contribution is -2.13. The first-order chi connectivity index (χ1) is 6.18. The number of aliphatic imine (C=N–C) groups is 1. The number of hydrogen-bond donors (Lipinski definition) is 1. The van der Waals surface area contributed by atoms with Crippen molar-refractivity contribution in [2.45, 2.75) is 6.10 Å². The maximum atomic E-state index is 11.2. The number of halogens is 1. The fourth-order valence-corrected chi connectivity index (χ4v) is 2.56. The van der Waals surface area contributed by atoms with Crippen molar-refractivity contribution in [1.29, 1.82) is 0 Å². The monoisotopic (exact) mass is 260 g/mol. The lowest BCUT2D eigenvalue weighted by molar-refractivity contribution is -0.122. The molecule has 2 N–H and O–H groups in total. The molecule has 0 aromatic carbocycles. The summed E-state index contributed by atoms with van der Waals surface area (Å²) in [6.07, 6.45) is -0.666. The zero-order chi connectivity index (χ0) is 9.42. The fourth-order valence-electron chi connectivity index (χ4n) is 1.04. The van der Waals surface area contributed by atoms with Crippen LogP contribution in [0.25, 0.3) is 0 Å². The highest BCUT2D eigenvalue weighted by molar-refractivity contribution is 9.10. The largest absolute Gasteiger partial charge is 0.447 e. The molecule has 0 aliphatic carbocycles. The van der Waals surface area contributed by atoms with Gasteiger partial charge < -0.3 is 10.5 Å². The molecule has 1 aromatic heterocycles. The molecule has 1 aliphatic rings. The minimum Gasteiger partial charge on any atom is -0.447 e. The number of ether oxygens (including phenoxy) is 1. The second kappa shape index (κ2) is 3.12. The summed E-state index contributed by atoms with van der Waals surface area (Å²) >= 11 is 4.80. The molecular weight excluding hydrogens is 256 g/mol. The van der Waals surface area contributed by atoms with Gasteiger partial charge in [-0.25, -0.2) is 0 Å². The topological polar surface area (TPSA) is 64.7 Å². The SMILES string of the molecule is NC1=NC(=O)C(c2cscc2Br)O1. The van der Waals surface area contributed by atoms with Gasteiger partial charge in [0.1, 0.15) is 0 Å². The Bertz CT molecular complexity index is 388. The highest BCUT2D eigenvalue weighted by Crippen LogP contribution is 2.32. The van der Waals surface area contributed by atoms with Gasteiger partial charge in [-0.1, -0.05) is 0 Å². The molecule has 0 saturated carbocycles. The van der Waals surface area contributed by atoms with E-state index in [0.717, 1.165) is 10.0 Å². The minimum atomic E-state index is -0.666. The van der Waals surface area contributed by atoms with E-state index in [4.69, 9.17) is 10.5 Å². The molecular formula is C7H5BrN2O2S. The number of amides is 1. The van der Waals surface area contributed by atoms with E-state index in [-0.39, 0.29) is 11.9 Å². The molecule has 1 amide bonds. The molecule has 1 aliphatic heterocycles. The smallest absolute Gasteiger partial charge is 0.296 e. The third-order valence-corrected chi connectivity index (χ3v) is 3.36. The van der Waals surface area contributed by atoms with Gasteiger partial charge in [-0.05, 0) is 21.3 Å². The zero-order valence-corrected chi connectivity index (χ0v) is 8.76. The summed E-state index contributed by atoms with van der Waals surface area (Å²) in [5, 5.41) is 3.71. The Morgan fingerprint density at radius 2 is 2.38 bits per heavy atom. The highest BCUT2D eigenvalue weighted by Gasteiger charge is 2.31. The summed E-state index contributed by atoms with van der Waals surface area (Å²) in [5.74, 6) is -0.350. The van der Waals surface area contributed by atoms with Crippen molar-refractivity contribution in [2.24, 2.45) is 10.7 Å². The number of carbonyl (C=O) groups excluding carboxylic acids is 1. The van der Waals surface area contributed by atoms with E-state index in [1.807, 2.05) is 10.8 Å². The first kappa shape index (κ1) is 8.71. The first-order valence-electron chi connectivity index (χ1n) is 3.44. The summed E-state index contributed by atoms with van der Waals surface area (Å²) in [4.78, 5) is 14.7. The van der Waals surface area contributed by atoms with Crippen molar-refractivity contribution >= 4 is 39.2 Å². The standard InChI is InChI=1S/C7H5BrN2O2S/c8-4-2-13-1-3(4)5-6(11)10-7(9)12-5/h1-2,5H,(H2,9,10,11). The molecule has 6 heteroatoms. The predicted octanol–water partition coefficient (Wildman–Crippen LogP) is 1.42. The Hall–Kier alpha value is -0.880. The minimum absolute atomic E-state index is 0.0619. The Morgan fingerprint density at radius 3 is 2.85 bits per heavy atom. The number of carbonyl (C=O) groups is 1. The van der Waals surface area contributed by atoms with Gasteiger partial charge >= 0.3 is 0 Å². The normalized spacial score (nSPS) is 21.5. The Labute approximate surface area is 86.5 Å². The van der Waals surface area contributed by atoms with Crippen LogP contribution < -0.4 is 5.73 Å². The van der Waals surface area contributed by atoms with Gasteiger partial charge in [0.2, 0.25) is 6.10 Å². The molecule has 1 aromatic rings. The molecule has 0 fully saturated rings. The fraction of sp³-hybridized carbons (Fsp3) is 0.143. The number of amidine groups is 1. The second-order valence-electron chi connectivity index (χ2n) is 2.46. The first-order valence-corrected chi connectivity index (χ1v) is 5.18. The summed E-state index contributed by atoms with van der Waals surface area (Å²) < 4.78 is 5.90. The Morgan fingerprint density at radius 1 is 1.62 bits per heavy atom. The van der Waals surface area contributed by atoms with Gasteiger partial charge in [0.05, 0.1) is 0 Å². The highest BCUT2D eigenvalue weighted by atomic mass is 79.9. The average Bonchev–Trinajstić information content (AvgIpc) is 2.58. The summed E-state index contributed by atoms with van der Waals surface area (Å²) in [6, 6.07) is -0.0619. The molecule has 1 unspecified atom stereocenters.